The van der Waals surface area contributed by atoms with Gasteiger partial charge in [0.1, 0.15) is 0 Å². The summed E-state index contributed by atoms with van der Waals surface area (Å²) >= 11 is 2.29. The van der Waals surface area contributed by atoms with Crippen LogP contribution in [0.2, 0.25) is 0 Å². The average Bonchev–Trinajstić information content (AvgIpc) is 2.09. The molecule has 1 aromatic carbocycles. The van der Waals surface area contributed by atoms with Gasteiger partial charge < -0.3 is 5.11 Å². The van der Waals surface area contributed by atoms with Crippen molar-refractivity contribution < 1.29 is 5.11 Å². The summed E-state index contributed by atoms with van der Waals surface area (Å²) < 4.78 is 0.971. The lowest BCUT2D eigenvalue weighted by molar-refractivity contribution is 0.276. The maximum atomic E-state index is 8.97. The van der Waals surface area contributed by atoms with Crippen LogP contribution in [0, 0.1) is 0 Å². The van der Waals surface area contributed by atoms with Crippen molar-refractivity contribution in [2.24, 2.45) is 0 Å². The molecule has 0 aliphatic rings. The van der Waals surface area contributed by atoms with Crippen LogP contribution in [0.4, 0.5) is 0 Å². The van der Waals surface area contributed by atoms with Gasteiger partial charge in [-0.25, -0.2) is 0 Å². The summed E-state index contributed by atoms with van der Waals surface area (Å²) in [4.78, 5) is 0. The van der Waals surface area contributed by atoms with E-state index in [1.165, 1.54) is 5.56 Å². The fourth-order valence-corrected chi connectivity index (χ4v) is 1.76. The first-order valence-electron chi connectivity index (χ1n) is 3.60. The predicted octanol–water partition coefficient (Wildman–Crippen LogP) is 2.20. The highest BCUT2D eigenvalue weighted by molar-refractivity contribution is 14.1. The summed E-state index contributed by atoms with van der Waals surface area (Å²) in [5, 5.41) is 8.97. The molecule has 1 unspecified atom stereocenters. The first kappa shape index (κ1) is 9.00. The van der Waals surface area contributed by atoms with Crippen LogP contribution in [0.15, 0.2) is 30.3 Å². The molecule has 0 aliphatic heterocycles. The fourth-order valence-electron chi connectivity index (χ4n) is 0.968. The second kappa shape index (κ2) is 4.72. The largest absolute Gasteiger partial charge is 0.396 e. The Morgan fingerprint density at radius 2 is 1.91 bits per heavy atom. The molecule has 1 rings (SSSR count). The van der Waals surface area contributed by atoms with Crippen molar-refractivity contribution >= 4 is 22.6 Å². The monoisotopic (exact) mass is 262 g/mol. The van der Waals surface area contributed by atoms with Gasteiger partial charge in [0.15, 0.2) is 0 Å². The normalized spacial score (nSPS) is 12.9. The highest BCUT2D eigenvalue weighted by Gasteiger charge is 2.06. The lowest BCUT2D eigenvalue weighted by Gasteiger charge is -2.09. The van der Waals surface area contributed by atoms with Gasteiger partial charge in [0.2, 0.25) is 0 Å². The molecule has 0 bridgehead atoms. The highest BCUT2D eigenvalue weighted by Crippen LogP contribution is 2.16. The van der Waals surface area contributed by atoms with Crippen molar-refractivity contribution in [2.45, 2.75) is 5.92 Å². The van der Waals surface area contributed by atoms with Gasteiger partial charge in [-0.2, -0.15) is 0 Å². The Labute approximate surface area is 80.6 Å². The van der Waals surface area contributed by atoms with Gasteiger partial charge in [0, 0.05) is 10.3 Å². The zero-order valence-corrected chi connectivity index (χ0v) is 8.36. The third-order valence-electron chi connectivity index (χ3n) is 1.68. The van der Waals surface area contributed by atoms with E-state index in [1.54, 1.807) is 0 Å². The van der Waals surface area contributed by atoms with Crippen molar-refractivity contribution in [1.29, 1.82) is 0 Å². The molecular weight excluding hydrogens is 251 g/mol. The number of alkyl halides is 1. The molecule has 1 aromatic rings. The minimum atomic E-state index is 0.243. The van der Waals surface area contributed by atoms with Crippen LogP contribution in [-0.2, 0) is 0 Å². The topological polar surface area (TPSA) is 20.2 Å². The maximum Gasteiger partial charge on any atom is 0.0507 e. The smallest absolute Gasteiger partial charge is 0.0507 e. The maximum absolute atomic E-state index is 8.97. The van der Waals surface area contributed by atoms with Gasteiger partial charge in [-0.3, -0.25) is 0 Å². The van der Waals surface area contributed by atoms with Gasteiger partial charge in [-0.05, 0) is 5.56 Å². The summed E-state index contributed by atoms with van der Waals surface area (Å²) in [7, 11) is 0. The van der Waals surface area contributed by atoms with E-state index in [0.717, 1.165) is 4.43 Å². The third-order valence-corrected chi connectivity index (χ3v) is 2.74. The van der Waals surface area contributed by atoms with Gasteiger partial charge in [0.05, 0.1) is 6.61 Å². The van der Waals surface area contributed by atoms with Gasteiger partial charge in [0.25, 0.3) is 0 Å². The van der Waals surface area contributed by atoms with Crippen LogP contribution in [0.3, 0.4) is 0 Å². The molecule has 0 radical (unpaired) electrons. The minimum Gasteiger partial charge on any atom is -0.396 e. The van der Waals surface area contributed by atoms with Crippen LogP contribution in [0.1, 0.15) is 11.5 Å². The Bertz CT molecular complexity index is 194. The minimum absolute atomic E-state index is 0.243. The summed E-state index contributed by atoms with van der Waals surface area (Å²) in [6.45, 7) is 0.243. The molecule has 1 N–H and O–H groups in total. The number of aliphatic hydroxyl groups is 1. The van der Waals surface area contributed by atoms with E-state index in [0.29, 0.717) is 5.92 Å². The average molecular weight is 262 g/mol. The first-order chi connectivity index (χ1) is 5.38. The molecule has 0 spiro atoms. The molecule has 11 heavy (non-hydrogen) atoms. The van der Waals surface area contributed by atoms with Crippen molar-refractivity contribution in [1.82, 2.24) is 0 Å². The number of hydrogen-bond acceptors (Lipinski definition) is 1. The van der Waals surface area contributed by atoms with Gasteiger partial charge in [-0.15, -0.1) is 0 Å². The molecular formula is C9H11IO. The van der Waals surface area contributed by atoms with Crippen molar-refractivity contribution in [3.63, 3.8) is 0 Å². The van der Waals surface area contributed by atoms with E-state index in [2.05, 4.69) is 34.7 Å². The summed E-state index contributed by atoms with van der Waals surface area (Å²) in [6, 6.07) is 10.1. The fraction of sp³-hybridized carbons (Fsp3) is 0.333. The van der Waals surface area contributed by atoms with E-state index in [4.69, 9.17) is 5.11 Å². The zero-order valence-electron chi connectivity index (χ0n) is 6.20. The Morgan fingerprint density at radius 1 is 1.27 bits per heavy atom. The van der Waals surface area contributed by atoms with E-state index in [9.17, 15) is 0 Å². The second-order valence-electron chi connectivity index (χ2n) is 2.44. The quantitative estimate of drug-likeness (QED) is 0.654. The number of rotatable bonds is 3. The molecule has 60 valence electrons. The molecule has 0 heterocycles. The Hall–Kier alpha value is -0.0900. The standard InChI is InChI=1S/C9H11IO/c10-6-9(7-11)8-4-2-1-3-5-8/h1-5,9,11H,6-7H2. The number of halogens is 1. The van der Waals surface area contributed by atoms with E-state index in [-0.39, 0.29) is 6.61 Å². The molecule has 0 saturated heterocycles. The zero-order chi connectivity index (χ0) is 8.10. The SMILES string of the molecule is OCC(CI)c1ccccc1. The molecule has 0 aromatic heterocycles. The number of aliphatic hydroxyl groups excluding tert-OH is 1. The first-order valence-corrected chi connectivity index (χ1v) is 5.12. The van der Waals surface area contributed by atoms with E-state index >= 15 is 0 Å². The van der Waals surface area contributed by atoms with Gasteiger partial charge in [-0.1, -0.05) is 52.9 Å². The van der Waals surface area contributed by atoms with Crippen LogP contribution in [-0.4, -0.2) is 16.1 Å². The molecule has 2 heteroatoms. The predicted molar refractivity (Wildman–Crippen MR) is 55.2 cm³/mol. The molecule has 0 fully saturated rings. The van der Waals surface area contributed by atoms with Gasteiger partial charge >= 0.3 is 0 Å². The third kappa shape index (κ3) is 2.45. The lowest BCUT2D eigenvalue weighted by Crippen LogP contribution is -2.04. The summed E-state index contributed by atoms with van der Waals surface area (Å²) in [5.41, 5.74) is 1.23. The molecule has 0 amide bonds. The van der Waals surface area contributed by atoms with Crippen LogP contribution >= 0.6 is 22.6 Å². The molecule has 1 atom stereocenters. The van der Waals surface area contributed by atoms with Crippen LogP contribution < -0.4 is 0 Å². The Morgan fingerprint density at radius 3 is 2.36 bits per heavy atom. The number of benzene rings is 1. The highest BCUT2D eigenvalue weighted by atomic mass is 127. The summed E-state index contributed by atoms with van der Waals surface area (Å²) in [6.07, 6.45) is 0. The second-order valence-corrected chi connectivity index (χ2v) is 3.33. The van der Waals surface area contributed by atoms with Crippen LogP contribution in [0.5, 0.6) is 0 Å². The van der Waals surface area contributed by atoms with E-state index < -0.39 is 0 Å². The Balaban J connectivity index is 2.74. The van der Waals surface area contributed by atoms with Crippen molar-refractivity contribution in [3.8, 4) is 0 Å². The van der Waals surface area contributed by atoms with Crippen molar-refractivity contribution in [3.05, 3.63) is 35.9 Å². The molecule has 1 nitrogen and oxygen atoms in total. The van der Waals surface area contributed by atoms with Crippen molar-refractivity contribution in [2.75, 3.05) is 11.0 Å². The number of hydrogen-bond donors (Lipinski definition) is 1. The molecule has 0 saturated carbocycles. The lowest BCUT2D eigenvalue weighted by atomic mass is 10.0. The summed E-state index contributed by atoms with van der Waals surface area (Å²) in [5.74, 6) is 0.303. The van der Waals surface area contributed by atoms with E-state index in [1.807, 2.05) is 18.2 Å². The molecule has 0 aliphatic carbocycles. The Kier molecular flexibility index (Phi) is 3.86. The van der Waals surface area contributed by atoms with Crippen LogP contribution in [0.25, 0.3) is 0 Å².